The molecule has 0 saturated carbocycles. The molecular weight excluding hydrogens is 378 g/mol. The van der Waals surface area contributed by atoms with Crippen LogP contribution >= 0.6 is 0 Å². The van der Waals surface area contributed by atoms with E-state index in [-0.39, 0.29) is 16.8 Å². The lowest BCUT2D eigenvalue weighted by Crippen LogP contribution is -3.16. The fraction of sp³-hybridized carbons (Fsp3) is 0.650. The number of carbonyl (C=O) groups excluding carboxylic acids is 1. The maximum Gasteiger partial charge on any atom is 0.282 e. The van der Waals surface area contributed by atoms with Gasteiger partial charge in [0, 0.05) is 18.8 Å². The number of ether oxygens (including phenoxy) is 1. The van der Waals surface area contributed by atoms with Gasteiger partial charge in [0.1, 0.15) is 0 Å². The highest BCUT2D eigenvalue weighted by atomic mass is 32.2. The minimum Gasteiger partial charge on any atom is -0.379 e. The summed E-state index contributed by atoms with van der Waals surface area (Å²) < 4.78 is 32.0. The number of benzene rings is 1. The van der Waals surface area contributed by atoms with E-state index < -0.39 is 10.0 Å². The lowest BCUT2D eigenvalue weighted by molar-refractivity contribution is -0.914. The fourth-order valence-electron chi connectivity index (χ4n) is 3.87. The van der Waals surface area contributed by atoms with Gasteiger partial charge in [-0.1, -0.05) is 6.42 Å². The number of nitrogens with one attached hydrogen (secondary N) is 2. The van der Waals surface area contributed by atoms with E-state index >= 15 is 0 Å². The van der Waals surface area contributed by atoms with Crippen molar-refractivity contribution in [2.75, 3.05) is 44.7 Å². The van der Waals surface area contributed by atoms with Gasteiger partial charge >= 0.3 is 0 Å². The molecule has 1 amide bonds. The van der Waals surface area contributed by atoms with Crippen molar-refractivity contribution in [3.8, 4) is 0 Å². The molecule has 2 aliphatic heterocycles. The van der Waals surface area contributed by atoms with Crippen LogP contribution in [0.25, 0.3) is 0 Å². The van der Waals surface area contributed by atoms with Crippen molar-refractivity contribution in [2.24, 2.45) is 0 Å². The van der Waals surface area contributed by atoms with Crippen LogP contribution in [-0.2, 0) is 19.6 Å². The van der Waals surface area contributed by atoms with Gasteiger partial charge in [-0.05, 0) is 56.9 Å². The minimum atomic E-state index is -3.51. The zero-order valence-corrected chi connectivity index (χ0v) is 17.5. The highest BCUT2D eigenvalue weighted by molar-refractivity contribution is 7.89. The molecule has 2 heterocycles. The molecule has 0 aromatic heterocycles. The standard InChI is InChI=1S/C20H31N3O4S/c1-17(22-11-5-3-2-4-6-12-22)20(24)21-18-7-9-19(10-8-18)28(25,26)23-13-15-27-16-14-23/h7-10,17H,2-6,11-16H2,1H3,(H,21,24)/p+1/t17-/m0/s1. The Labute approximate surface area is 168 Å². The summed E-state index contributed by atoms with van der Waals surface area (Å²) in [6.45, 7) is 5.63. The second-order valence-corrected chi connectivity index (χ2v) is 9.62. The lowest BCUT2D eigenvalue weighted by Gasteiger charge is -2.27. The van der Waals surface area contributed by atoms with Crippen LogP contribution in [-0.4, -0.2) is 64.1 Å². The number of amides is 1. The van der Waals surface area contributed by atoms with Gasteiger partial charge in [0.25, 0.3) is 5.91 Å². The van der Waals surface area contributed by atoms with Crippen molar-refractivity contribution in [1.29, 1.82) is 0 Å². The number of nitrogens with zero attached hydrogens (tertiary/aromatic N) is 1. The molecule has 1 aromatic rings. The number of anilines is 1. The van der Waals surface area contributed by atoms with Crippen LogP contribution in [0.5, 0.6) is 0 Å². The third kappa shape index (κ3) is 5.31. The van der Waals surface area contributed by atoms with E-state index in [1.54, 1.807) is 24.3 Å². The molecule has 0 unspecified atom stereocenters. The number of rotatable bonds is 5. The quantitative estimate of drug-likeness (QED) is 0.755. The summed E-state index contributed by atoms with van der Waals surface area (Å²) in [4.78, 5) is 14.2. The molecule has 28 heavy (non-hydrogen) atoms. The first-order valence-corrected chi connectivity index (χ1v) is 11.8. The van der Waals surface area contributed by atoms with Crippen molar-refractivity contribution in [3.63, 3.8) is 0 Å². The van der Waals surface area contributed by atoms with Crippen LogP contribution in [0, 0.1) is 0 Å². The Morgan fingerprint density at radius 1 is 1.04 bits per heavy atom. The summed E-state index contributed by atoms with van der Waals surface area (Å²) in [5.41, 5.74) is 0.629. The largest absolute Gasteiger partial charge is 0.379 e. The summed E-state index contributed by atoms with van der Waals surface area (Å²) >= 11 is 0. The van der Waals surface area contributed by atoms with E-state index in [9.17, 15) is 13.2 Å². The smallest absolute Gasteiger partial charge is 0.282 e. The molecule has 0 spiro atoms. The number of hydrogen-bond acceptors (Lipinski definition) is 4. The molecular formula is C20H32N3O4S+. The van der Waals surface area contributed by atoms with E-state index in [0.717, 1.165) is 13.1 Å². The first-order chi connectivity index (χ1) is 13.5. The van der Waals surface area contributed by atoms with E-state index in [2.05, 4.69) is 5.32 Å². The summed E-state index contributed by atoms with van der Waals surface area (Å²) in [7, 11) is -3.51. The average molecular weight is 411 g/mol. The zero-order valence-electron chi connectivity index (χ0n) is 16.7. The van der Waals surface area contributed by atoms with E-state index in [4.69, 9.17) is 4.74 Å². The maximum atomic E-state index is 12.7. The predicted molar refractivity (Wildman–Crippen MR) is 108 cm³/mol. The SMILES string of the molecule is C[C@@H](C(=O)Nc1ccc(S(=O)(=O)N2CCOCC2)cc1)[NH+]1CCCCCCC1. The van der Waals surface area contributed by atoms with Gasteiger partial charge in [-0.3, -0.25) is 4.79 Å². The predicted octanol–water partition coefficient (Wildman–Crippen LogP) is 0.884. The normalized spacial score (nSPS) is 21.5. The summed E-state index contributed by atoms with van der Waals surface area (Å²) in [6.07, 6.45) is 6.13. The Morgan fingerprint density at radius 2 is 1.61 bits per heavy atom. The highest BCUT2D eigenvalue weighted by Crippen LogP contribution is 2.19. The van der Waals surface area contributed by atoms with Crippen molar-refractivity contribution in [2.45, 2.75) is 50.0 Å². The lowest BCUT2D eigenvalue weighted by atomic mass is 10.1. The number of likely N-dealkylation sites (tertiary alicyclic amines) is 1. The third-order valence-corrected chi connectivity index (χ3v) is 7.64. The number of hydrogen-bond donors (Lipinski definition) is 2. The molecule has 156 valence electrons. The Kier molecular flexibility index (Phi) is 7.45. The first-order valence-electron chi connectivity index (χ1n) is 10.3. The second kappa shape index (κ2) is 9.82. The van der Waals surface area contributed by atoms with Gasteiger partial charge in [0.2, 0.25) is 10.0 Å². The van der Waals surface area contributed by atoms with E-state index in [1.165, 1.54) is 41.3 Å². The molecule has 0 bridgehead atoms. The van der Waals surface area contributed by atoms with Crippen LogP contribution in [0.2, 0.25) is 0 Å². The molecule has 0 radical (unpaired) electrons. The van der Waals surface area contributed by atoms with Crippen LogP contribution < -0.4 is 10.2 Å². The Morgan fingerprint density at radius 3 is 2.21 bits per heavy atom. The summed E-state index contributed by atoms with van der Waals surface area (Å²) in [6, 6.07) is 6.35. The first kappa shape index (κ1) is 21.2. The Hall–Kier alpha value is -1.48. The fourth-order valence-corrected chi connectivity index (χ4v) is 5.28. The third-order valence-electron chi connectivity index (χ3n) is 5.73. The van der Waals surface area contributed by atoms with Crippen molar-refractivity contribution in [1.82, 2.24) is 4.31 Å². The minimum absolute atomic E-state index is 0.0145. The van der Waals surface area contributed by atoms with E-state index in [0.29, 0.717) is 32.0 Å². The number of carbonyl (C=O) groups is 1. The van der Waals surface area contributed by atoms with Gasteiger partial charge in [-0.15, -0.1) is 0 Å². The van der Waals surface area contributed by atoms with Crippen LogP contribution in [0.3, 0.4) is 0 Å². The summed E-state index contributed by atoms with van der Waals surface area (Å²) in [5.74, 6) is -0.0145. The monoisotopic (exact) mass is 410 g/mol. The number of morpholine rings is 1. The van der Waals surface area contributed by atoms with Gasteiger partial charge in [0.15, 0.2) is 6.04 Å². The maximum absolute atomic E-state index is 12.7. The molecule has 2 aliphatic rings. The molecule has 7 nitrogen and oxygen atoms in total. The van der Waals surface area contributed by atoms with Crippen LogP contribution in [0.15, 0.2) is 29.2 Å². The molecule has 2 fully saturated rings. The average Bonchev–Trinajstić information content (AvgIpc) is 2.68. The van der Waals surface area contributed by atoms with Gasteiger partial charge < -0.3 is 15.0 Å². The molecule has 1 aromatic carbocycles. The molecule has 2 saturated heterocycles. The topological polar surface area (TPSA) is 80.2 Å². The van der Waals surface area contributed by atoms with Crippen molar-refractivity contribution >= 4 is 21.6 Å². The van der Waals surface area contributed by atoms with Crippen molar-refractivity contribution in [3.05, 3.63) is 24.3 Å². The van der Waals surface area contributed by atoms with Crippen molar-refractivity contribution < 1.29 is 22.8 Å². The number of sulfonamides is 1. The van der Waals surface area contributed by atoms with Crippen LogP contribution in [0.4, 0.5) is 5.69 Å². The van der Waals surface area contributed by atoms with E-state index in [1.807, 2.05) is 6.92 Å². The van der Waals surface area contributed by atoms with Gasteiger partial charge in [-0.25, -0.2) is 8.42 Å². The number of quaternary nitrogens is 1. The molecule has 1 atom stereocenters. The van der Waals surface area contributed by atoms with Crippen LogP contribution in [0.1, 0.15) is 39.0 Å². The molecule has 8 heteroatoms. The molecule has 2 N–H and O–H groups in total. The zero-order chi connectivity index (χ0) is 20.0. The van der Waals surface area contributed by atoms with Gasteiger partial charge in [0.05, 0.1) is 31.2 Å². The summed E-state index contributed by atoms with van der Waals surface area (Å²) in [5, 5.41) is 2.95. The Balaban J connectivity index is 1.60. The molecule has 3 rings (SSSR count). The molecule has 0 aliphatic carbocycles. The Bertz CT molecular complexity index is 737. The highest BCUT2D eigenvalue weighted by Gasteiger charge is 2.27. The second-order valence-electron chi connectivity index (χ2n) is 7.68. The van der Waals surface area contributed by atoms with Gasteiger partial charge in [-0.2, -0.15) is 4.31 Å².